The van der Waals surface area contributed by atoms with E-state index < -0.39 is 0 Å². The second-order valence-electron chi connectivity index (χ2n) is 9.82. The molecule has 0 unspecified atom stereocenters. The third-order valence-electron chi connectivity index (χ3n) is 7.21. The van der Waals surface area contributed by atoms with E-state index in [1.165, 1.54) is 43.2 Å². The average Bonchev–Trinajstić information content (AvgIpc) is 3.33. The van der Waals surface area contributed by atoms with Crippen LogP contribution in [-0.4, -0.2) is 39.0 Å². The number of nitrogens with zero attached hydrogens (tertiary/aromatic N) is 3. The Morgan fingerprint density at radius 2 is 1.81 bits per heavy atom. The van der Waals surface area contributed by atoms with Crippen molar-refractivity contribution in [3.05, 3.63) is 83.2 Å². The first-order valence-electron chi connectivity index (χ1n) is 13.1. The molecule has 0 bridgehead atoms. The molecule has 2 heterocycles. The van der Waals surface area contributed by atoms with Gasteiger partial charge in [-0.1, -0.05) is 73.0 Å². The molecule has 0 atom stereocenters. The Bertz CT molecular complexity index is 1230. The van der Waals surface area contributed by atoms with E-state index in [2.05, 4.69) is 64.0 Å². The van der Waals surface area contributed by atoms with Gasteiger partial charge in [0, 0.05) is 36.6 Å². The van der Waals surface area contributed by atoms with Crippen LogP contribution in [0, 0.1) is 13.8 Å². The van der Waals surface area contributed by atoms with Gasteiger partial charge in [0.15, 0.2) is 5.16 Å². The van der Waals surface area contributed by atoms with Crippen molar-refractivity contribution in [2.45, 2.75) is 69.4 Å². The summed E-state index contributed by atoms with van der Waals surface area (Å²) in [6.07, 6.45) is 8.50. The van der Waals surface area contributed by atoms with E-state index >= 15 is 0 Å². The van der Waals surface area contributed by atoms with Crippen LogP contribution in [0.1, 0.15) is 54.5 Å². The molecular weight excluding hydrogens is 464 g/mol. The number of aromatic nitrogens is 3. The molecular formula is C30H36N4OS. The van der Waals surface area contributed by atoms with Crippen molar-refractivity contribution >= 4 is 22.8 Å². The van der Waals surface area contributed by atoms with Gasteiger partial charge in [0.2, 0.25) is 0 Å². The van der Waals surface area contributed by atoms with Crippen LogP contribution in [0.25, 0.3) is 11.0 Å². The summed E-state index contributed by atoms with van der Waals surface area (Å²) in [5.74, 6) is 1.69. The summed E-state index contributed by atoms with van der Waals surface area (Å²) in [7, 11) is 0. The zero-order valence-electron chi connectivity index (χ0n) is 21.4. The van der Waals surface area contributed by atoms with Crippen LogP contribution >= 0.6 is 11.8 Å². The number of nitrogens with one attached hydrogen (secondary N) is 1. The topological polar surface area (TPSA) is 54.0 Å². The molecule has 0 spiro atoms. The van der Waals surface area contributed by atoms with Gasteiger partial charge in [0.1, 0.15) is 12.4 Å². The molecule has 0 aliphatic heterocycles. The second-order valence-corrected chi connectivity index (χ2v) is 10.8. The maximum atomic E-state index is 6.34. The molecule has 0 amide bonds. The molecule has 6 heteroatoms. The summed E-state index contributed by atoms with van der Waals surface area (Å²) in [5, 5.41) is 0.919. The van der Waals surface area contributed by atoms with Crippen molar-refractivity contribution in [1.29, 1.82) is 0 Å². The van der Waals surface area contributed by atoms with E-state index in [0.717, 1.165) is 52.0 Å². The lowest BCUT2D eigenvalue weighted by molar-refractivity contribution is 0.123. The monoisotopic (exact) mass is 500 g/mol. The van der Waals surface area contributed by atoms with Gasteiger partial charge in [-0.2, -0.15) is 0 Å². The molecule has 36 heavy (non-hydrogen) atoms. The number of thioether (sulfide) groups is 1. The number of benzene rings is 2. The highest BCUT2D eigenvalue weighted by Gasteiger charge is 2.21. The summed E-state index contributed by atoms with van der Waals surface area (Å²) in [5.41, 5.74) is 6.92. The number of para-hydroxylation sites is 2. The number of hydrogen-bond donors (Lipinski definition) is 1. The fraction of sp³-hybridized carbons (Fsp3) is 0.400. The molecule has 5 nitrogen and oxygen atoms in total. The predicted molar refractivity (Wildman–Crippen MR) is 149 cm³/mol. The standard InChI is InChI=1S/C30H36N4OS/c1-22-12-14-24(15-13-22)20-34(25-8-4-3-5-9-25)18-19-35-29-16-17-31-28(23(29)2)21-36-30-32-26-10-6-7-11-27(26)33-30/h6-7,10-17,25H,3-5,8-9,18-21H2,1-2H3,(H,32,33). The van der Waals surface area contributed by atoms with E-state index in [0.29, 0.717) is 12.6 Å². The molecule has 5 rings (SSSR count). The number of pyridine rings is 1. The van der Waals surface area contributed by atoms with Gasteiger partial charge in [-0.15, -0.1) is 0 Å². The number of aryl methyl sites for hydroxylation is 1. The molecule has 1 aliphatic carbocycles. The van der Waals surface area contributed by atoms with Crippen LogP contribution in [0.15, 0.2) is 66.0 Å². The summed E-state index contributed by atoms with van der Waals surface area (Å²) < 4.78 is 6.34. The van der Waals surface area contributed by atoms with Gasteiger partial charge in [-0.3, -0.25) is 9.88 Å². The number of hydrogen-bond acceptors (Lipinski definition) is 5. The summed E-state index contributed by atoms with van der Waals surface area (Å²) in [6.45, 7) is 6.87. The lowest BCUT2D eigenvalue weighted by atomic mass is 9.94. The summed E-state index contributed by atoms with van der Waals surface area (Å²) in [6, 6.07) is 19.7. The van der Waals surface area contributed by atoms with E-state index in [1.54, 1.807) is 11.8 Å². The molecule has 0 saturated heterocycles. The number of aromatic amines is 1. The first-order valence-corrected chi connectivity index (χ1v) is 14.1. The van der Waals surface area contributed by atoms with Crippen LogP contribution in [0.4, 0.5) is 0 Å². The smallest absolute Gasteiger partial charge is 0.166 e. The molecule has 1 N–H and O–H groups in total. The van der Waals surface area contributed by atoms with Gasteiger partial charge in [-0.25, -0.2) is 4.98 Å². The van der Waals surface area contributed by atoms with E-state index in [1.807, 2.05) is 30.5 Å². The maximum absolute atomic E-state index is 6.34. The van der Waals surface area contributed by atoms with Gasteiger partial charge >= 0.3 is 0 Å². The molecule has 188 valence electrons. The highest BCUT2D eigenvalue weighted by atomic mass is 32.2. The summed E-state index contributed by atoms with van der Waals surface area (Å²) in [4.78, 5) is 15.3. The minimum absolute atomic E-state index is 0.651. The van der Waals surface area contributed by atoms with Crippen LogP contribution in [0.5, 0.6) is 5.75 Å². The lowest BCUT2D eigenvalue weighted by Crippen LogP contribution is -2.39. The van der Waals surface area contributed by atoms with Crippen molar-refractivity contribution in [3.8, 4) is 5.75 Å². The van der Waals surface area contributed by atoms with Crippen LogP contribution in [-0.2, 0) is 12.3 Å². The second kappa shape index (κ2) is 11.9. The molecule has 2 aromatic heterocycles. The molecule has 1 aliphatic rings. The first kappa shape index (κ1) is 24.8. The normalized spacial score (nSPS) is 14.5. The number of imidazole rings is 1. The largest absolute Gasteiger partial charge is 0.492 e. The molecule has 4 aromatic rings. The lowest BCUT2D eigenvalue weighted by Gasteiger charge is -2.34. The van der Waals surface area contributed by atoms with E-state index in [-0.39, 0.29) is 0 Å². The Morgan fingerprint density at radius 1 is 1.00 bits per heavy atom. The minimum Gasteiger partial charge on any atom is -0.492 e. The molecule has 1 fully saturated rings. The maximum Gasteiger partial charge on any atom is 0.166 e. The Labute approximate surface area is 218 Å². The molecule has 1 saturated carbocycles. The van der Waals surface area contributed by atoms with Gasteiger partial charge in [0.25, 0.3) is 0 Å². The van der Waals surface area contributed by atoms with E-state index in [9.17, 15) is 0 Å². The predicted octanol–water partition coefficient (Wildman–Crippen LogP) is 7.08. The van der Waals surface area contributed by atoms with E-state index in [4.69, 9.17) is 4.74 Å². The van der Waals surface area contributed by atoms with Crippen LogP contribution in [0.2, 0.25) is 0 Å². The number of ether oxygens (including phenoxy) is 1. The number of H-pyrrole nitrogens is 1. The van der Waals surface area contributed by atoms with Crippen molar-refractivity contribution < 1.29 is 4.74 Å². The Hall–Kier alpha value is -2.83. The average molecular weight is 501 g/mol. The van der Waals surface area contributed by atoms with Crippen molar-refractivity contribution in [2.24, 2.45) is 0 Å². The molecule has 2 aromatic carbocycles. The third-order valence-corrected chi connectivity index (χ3v) is 8.09. The summed E-state index contributed by atoms with van der Waals surface area (Å²) >= 11 is 1.68. The zero-order valence-corrected chi connectivity index (χ0v) is 22.2. The fourth-order valence-corrected chi connectivity index (χ4v) is 5.94. The van der Waals surface area contributed by atoms with Gasteiger partial charge in [0.05, 0.1) is 16.7 Å². The minimum atomic E-state index is 0.651. The SMILES string of the molecule is Cc1ccc(CN(CCOc2ccnc(CSc3nc4ccccc4[nH]3)c2C)C2CCCCC2)cc1. The highest BCUT2D eigenvalue weighted by molar-refractivity contribution is 7.98. The van der Waals surface area contributed by atoms with Crippen LogP contribution < -0.4 is 4.74 Å². The van der Waals surface area contributed by atoms with Crippen molar-refractivity contribution in [3.63, 3.8) is 0 Å². The fourth-order valence-electron chi connectivity index (χ4n) is 5.03. The third kappa shape index (κ3) is 6.29. The Kier molecular flexibility index (Phi) is 8.24. The number of rotatable bonds is 10. The first-order chi connectivity index (χ1) is 17.7. The van der Waals surface area contributed by atoms with Crippen LogP contribution in [0.3, 0.4) is 0 Å². The number of fused-ring (bicyclic) bond motifs is 1. The van der Waals surface area contributed by atoms with Gasteiger partial charge in [-0.05, 0) is 50.5 Å². The van der Waals surface area contributed by atoms with Gasteiger partial charge < -0.3 is 9.72 Å². The van der Waals surface area contributed by atoms with Crippen molar-refractivity contribution in [1.82, 2.24) is 19.9 Å². The quantitative estimate of drug-likeness (QED) is 0.236. The zero-order chi connectivity index (χ0) is 24.7. The highest BCUT2D eigenvalue weighted by Crippen LogP contribution is 2.28. The Morgan fingerprint density at radius 3 is 2.61 bits per heavy atom. The molecule has 0 radical (unpaired) electrons. The van der Waals surface area contributed by atoms with Crippen molar-refractivity contribution in [2.75, 3.05) is 13.2 Å². The Balaban J connectivity index is 1.20.